The number of methoxy groups -OCH3 is 1. The van der Waals surface area contributed by atoms with Gasteiger partial charge in [0.25, 0.3) is 0 Å². The van der Waals surface area contributed by atoms with Gasteiger partial charge in [0, 0.05) is 19.4 Å². The minimum atomic E-state index is -0.857. The topological polar surface area (TPSA) is 75.6 Å². The molecule has 2 N–H and O–H groups in total. The monoisotopic (exact) mass is 305 g/mol. The highest BCUT2D eigenvalue weighted by atomic mass is 16.5. The van der Waals surface area contributed by atoms with Crippen LogP contribution >= 0.6 is 0 Å². The van der Waals surface area contributed by atoms with Crippen LogP contribution < -0.4 is 5.32 Å². The molecule has 0 saturated heterocycles. The maximum absolute atomic E-state index is 12.5. The van der Waals surface area contributed by atoms with Gasteiger partial charge in [-0.05, 0) is 43.9 Å². The summed E-state index contributed by atoms with van der Waals surface area (Å²) in [6.07, 6.45) is 3.61. The van der Waals surface area contributed by atoms with E-state index >= 15 is 0 Å². The number of anilines is 1. The molecule has 0 aliphatic heterocycles. The number of carbonyl (C=O) groups is 2. The van der Waals surface area contributed by atoms with Crippen LogP contribution in [0.2, 0.25) is 0 Å². The molecule has 1 saturated carbocycles. The standard InChI is InChI=1S/C17H23NO4/c1-12(15(19)20)13-4-6-14(7-5-13)18-16(21)17(8-3-9-17)10-11-22-2/h4-7,12H,3,8-11H2,1-2H3,(H,18,21)(H,19,20). The third-order valence-electron chi connectivity index (χ3n) is 4.62. The second-order valence-electron chi connectivity index (χ2n) is 6.01. The third-order valence-corrected chi connectivity index (χ3v) is 4.62. The fourth-order valence-corrected chi connectivity index (χ4v) is 2.75. The van der Waals surface area contributed by atoms with E-state index in [0.717, 1.165) is 31.2 Å². The van der Waals surface area contributed by atoms with Crippen molar-refractivity contribution in [1.82, 2.24) is 0 Å². The Bertz CT molecular complexity index is 534. The molecule has 1 unspecified atom stereocenters. The van der Waals surface area contributed by atoms with Crippen molar-refractivity contribution in [2.24, 2.45) is 5.41 Å². The number of rotatable bonds is 7. The molecule has 0 aromatic heterocycles. The largest absolute Gasteiger partial charge is 0.481 e. The highest BCUT2D eigenvalue weighted by molar-refractivity contribution is 5.96. The number of benzene rings is 1. The first-order valence-corrected chi connectivity index (χ1v) is 7.62. The lowest BCUT2D eigenvalue weighted by Gasteiger charge is -2.40. The maximum Gasteiger partial charge on any atom is 0.310 e. The molecule has 22 heavy (non-hydrogen) atoms. The Morgan fingerprint density at radius 1 is 1.32 bits per heavy atom. The average Bonchev–Trinajstić information content (AvgIpc) is 2.46. The summed E-state index contributed by atoms with van der Waals surface area (Å²) in [5.41, 5.74) is 1.13. The number of carboxylic acid groups (broad SMARTS) is 1. The Balaban J connectivity index is 2.01. The molecule has 1 atom stereocenters. The summed E-state index contributed by atoms with van der Waals surface area (Å²) >= 11 is 0. The first kappa shape index (κ1) is 16.5. The van der Waals surface area contributed by atoms with Gasteiger partial charge in [0.2, 0.25) is 5.91 Å². The Hall–Kier alpha value is -1.88. The van der Waals surface area contributed by atoms with Crippen molar-refractivity contribution < 1.29 is 19.4 Å². The Morgan fingerprint density at radius 2 is 1.95 bits per heavy atom. The lowest BCUT2D eigenvalue weighted by molar-refractivity contribution is -0.138. The lowest BCUT2D eigenvalue weighted by Crippen LogP contribution is -2.42. The van der Waals surface area contributed by atoms with Crippen LogP contribution in [0.25, 0.3) is 0 Å². The van der Waals surface area contributed by atoms with Crippen molar-refractivity contribution in [3.63, 3.8) is 0 Å². The van der Waals surface area contributed by atoms with E-state index in [0.29, 0.717) is 12.3 Å². The van der Waals surface area contributed by atoms with Crippen molar-refractivity contribution >= 4 is 17.6 Å². The fourth-order valence-electron chi connectivity index (χ4n) is 2.75. The van der Waals surface area contributed by atoms with Crippen LogP contribution in [0, 0.1) is 5.41 Å². The SMILES string of the molecule is COCCC1(C(=O)Nc2ccc(C(C)C(=O)O)cc2)CCC1. The van der Waals surface area contributed by atoms with Gasteiger partial charge in [-0.3, -0.25) is 9.59 Å². The highest BCUT2D eigenvalue weighted by Gasteiger charge is 2.43. The lowest BCUT2D eigenvalue weighted by atomic mass is 9.66. The summed E-state index contributed by atoms with van der Waals surface area (Å²) in [5.74, 6) is -1.37. The zero-order valence-corrected chi connectivity index (χ0v) is 13.1. The van der Waals surface area contributed by atoms with Gasteiger partial charge in [-0.25, -0.2) is 0 Å². The number of aliphatic carboxylic acids is 1. The van der Waals surface area contributed by atoms with Gasteiger partial charge >= 0.3 is 5.97 Å². The second kappa shape index (κ2) is 6.92. The molecule has 1 aliphatic rings. The highest BCUT2D eigenvalue weighted by Crippen LogP contribution is 2.44. The van der Waals surface area contributed by atoms with Crippen LogP contribution in [0.1, 0.15) is 44.1 Å². The third kappa shape index (κ3) is 3.47. The molecule has 1 aromatic carbocycles. The van der Waals surface area contributed by atoms with Gasteiger partial charge in [-0.2, -0.15) is 0 Å². The molecule has 0 heterocycles. The number of hydrogen-bond donors (Lipinski definition) is 2. The number of amides is 1. The van der Waals surface area contributed by atoms with E-state index in [1.54, 1.807) is 38.3 Å². The Morgan fingerprint density at radius 3 is 2.41 bits per heavy atom. The molecule has 1 amide bonds. The molecule has 2 rings (SSSR count). The Kier molecular flexibility index (Phi) is 5.19. The van der Waals surface area contributed by atoms with Crippen molar-refractivity contribution in [3.05, 3.63) is 29.8 Å². The summed E-state index contributed by atoms with van der Waals surface area (Å²) in [7, 11) is 1.65. The molecular formula is C17H23NO4. The van der Waals surface area contributed by atoms with Gasteiger partial charge in [-0.1, -0.05) is 18.6 Å². The number of hydrogen-bond acceptors (Lipinski definition) is 3. The molecule has 1 aliphatic carbocycles. The van der Waals surface area contributed by atoms with Crippen LogP contribution in [-0.4, -0.2) is 30.7 Å². The molecule has 5 heteroatoms. The molecule has 1 fully saturated rings. The number of carbonyl (C=O) groups excluding carboxylic acids is 1. The molecule has 0 bridgehead atoms. The predicted molar refractivity (Wildman–Crippen MR) is 83.9 cm³/mol. The van der Waals surface area contributed by atoms with Crippen LogP contribution in [0.5, 0.6) is 0 Å². The number of ether oxygens (including phenoxy) is 1. The summed E-state index contributed by atoms with van der Waals surface area (Å²) < 4.78 is 5.10. The van der Waals surface area contributed by atoms with E-state index in [9.17, 15) is 9.59 Å². The predicted octanol–water partition coefficient (Wildman–Crippen LogP) is 3.02. The first-order valence-electron chi connectivity index (χ1n) is 7.62. The summed E-state index contributed by atoms with van der Waals surface area (Å²) in [5, 5.41) is 11.9. The fraction of sp³-hybridized carbons (Fsp3) is 0.529. The van der Waals surface area contributed by atoms with Gasteiger partial charge in [0.1, 0.15) is 0 Å². The summed E-state index contributed by atoms with van der Waals surface area (Å²) in [6, 6.07) is 7.01. The van der Waals surface area contributed by atoms with Crippen molar-refractivity contribution in [2.75, 3.05) is 19.0 Å². The van der Waals surface area contributed by atoms with Gasteiger partial charge in [-0.15, -0.1) is 0 Å². The van der Waals surface area contributed by atoms with Crippen LogP contribution in [0.15, 0.2) is 24.3 Å². The van der Waals surface area contributed by atoms with Crippen LogP contribution in [0.3, 0.4) is 0 Å². The van der Waals surface area contributed by atoms with Crippen LogP contribution in [0.4, 0.5) is 5.69 Å². The summed E-state index contributed by atoms with van der Waals surface area (Å²) in [4.78, 5) is 23.4. The number of nitrogens with one attached hydrogen (secondary N) is 1. The van der Waals surface area contributed by atoms with E-state index < -0.39 is 11.9 Å². The molecule has 5 nitrogen and oxygen atoms in total. The van der Waals surface area contributed by atoms with E-state index in [1.807, 2.05) is 0 Å². The zero-order chi connectivity index (χ0) is 16.2. The molecule has 1 aromatic rings. The molecule has 120 valence electrons. The molecule has 0 radical (unpaired) electrons. The minimum Gasteiger partial charge on any atom is -0.481 e. The van der Waals surface area contributed by atoms with E-state index in [-0.39, 0.29) is 11.3 Å². The molecular weight excluding hydrogens is 282 g/mol. The summed E-state index contributed by atoms with van der Waals surface area (Å²) in [6.45, 7) is 2.23. The van der Waals surface area contributed by atoms with Gasteiger partial charge < -0.3 is 15.2 Å². The Labute approximate surface area is 130 Å². The van der Waals surface area contributed by atoms with E-state index in [2.05, 4.69) is 5.32 Å². The zero-order valence-electron chi connectivity index (χ0n) is 13.1. The number of carboxylic acids is 1. The quantitative estimate of drug-likeness (QED) is 0.812. The smallest absolute Gasteiger partial charge is 0.310 e. The van der Waals surface area contributed by atoms with Gasteiger partial charge in [0.05, 0.1) is 11.3 Å². The normalized spacial score (nSPS) is 17.4. The van der Waals surface area contributed by atoms with E-state index in [1.165, 1.54) is 0 Å². The second-order valence-corrected chi connectivity index (χ2v) is 6.01. The first-order chi connectivity index (χ1) is 10.5. The maximum atomic E-state index is 12.5. The van der Waals surface area contributed by atoms with Crippen LogP contribution in [-0.2, 0) is 14.3 Å². The van der Waals surface area contributed by atoms with Crippen molar-refractivity contribution in [3.8, 4) is 0 Å². The molecule has 0 spiro atoms. The van der Waals surface area contributed by atoms with Crippen molar-refractivity contribution in [1.29, 1.82) is 0 Å². The van der Waals surface area contributed by atoms with E-state index in [4.69, 9.17) is 9.84 Å². The van der Waals surface area contributed by atoms with Gasteiger partial charge in [0.15, 0.2) is 0 Å². The minimum absolute atomic E-state index is 0.0369. The van der Waals surface area contributed by atoms with Crippen molar-refractivity contribution in [2.45, 2.75) is 38.5 Å². The average molecular weight is 305 g/mol.